The van der Waals surface area contributed by atoms with E-state index in [1.807, 2.05) is 18.2 Å². The Hall–Kier alpha value is -1.68. The van der Waals surface area contributed by atoms with Crippen molar-refractivity contribution in [1.82, 2.24) is 15.5 Å². The lowest BCUT2D eigenvalue weighted by atomic mass is 9.84. The molecule has 0 spiro atoms. The van der Waals surface area contributed by atoms with Gasteiger partial charge >= 0.3 is 0 Å². The molecule has 1 heterocycles. The minimum atomic E-state index is -0.240. The standard InChI is InChI=1S/C17H23N3O/c1-17(2,13-8-4-3-5-9-13)16-19-15(21-20-16)12-18-14-10-6-7-11-14/h3-5,8-9,14,18H,6-7,10-12H2,1-2H3. The van der Waals surface area contributed by atoms with Crippen molar-refractivity contribution in [1.29, 1.82) is 0 Å². The van der Waals surface area contributed by atoms with Gasteiger partial charge in [-0.05, 0) is 32.3 Å². The molecule has 1 saturated carbocycles. The van der Waals surface area contributed by atoms with Crippen molar-refractivity contribution in [2.24, 2.45) is 0 Å². The van der Waals surface area contributed by atoms with Crippen LogP contribution in [0.15, 0.2) is 34.9 Å². The van der Waals surface area contributed by atoms with Gasteiger partial charge in [-0.3, -0.25) is 0 Å². The van der Waals surface area contributed by atoms with Crippen LogP contribution >= 0.6 is 0 Å². The molecule has 0 atom stereocenters. The maximum atomic E-state index is 5.41. The average Bonchev–Trinajstić information content (AvgIpc) is 3.18. The molecular weight excluding hydrogens is 262 g/mol. The van der Waals surface area contributed by atoms with Gasteiger partial charge < -0.3 is 9.84 Å². The molecular formula is C17H23N3O. The normalized spacial score (nSPS) is 16.5. The first-order valence-electron chi connectivity index (χ1n) is 7.78. The van der Waals surface area contributed by atoms with E-state index in [1.165, 1.54) is 31.2 Å². The largest absolute Gasteiger partial charge is 0.338 e. The molecule has 1 aliphatic rings. The van der Waals surface area contributed by atoms with Crippen LogP contribution in [0.3, 0.4) is 0 Å². The van der Waals surface area contributed by atoms with Gasteiger partial charge in [0.05, 0.1) is 12.0 Å². The van der Waals surface area contributed by atoms with Gasteiger partial charge in [-0.1, -0.05) is 48.3 Å². The molecule has 1 aromatic heterocycles. The van der Waals surface area contributed by atoms with Crippen LogP contribution in [-0.4, -0.2) is 16.2 Å². The molecule has 4 heteroatoms. The maximum absolute atomic E-state index is 5.41. The highest BCUT2D eigenvalue weighted by molar-refractivity contribution is 5.30. The highest BCUT2D eigenvalue weighted by Crippen LogP contribution is 2.29. The number of hydrogen-bond donors (Lipinski definition) is 1. The molecule has 4 nitrogen and oxygen atoms in total. The van der Waals surface area contributed by atoms with Crippen molar-refractivity contribution in [3.05, 3.63) is 47.6 Å². The highest BCUT2D eigenvalue weighted by Gasteiger charge is 2.28. The van der Waals surface area contributed by atoms with Crippen molar-refractivity contribution in [3.8, 4) is 0 Å². The number of benzene rings is 1. The van der Waals surface area contributed by atoms with Crippen LogP contribution in [0.4, 0.5) is 0 Å². The molecule has 0 saturated heterocycles. The van der Waals surface area contributed by atoms with Crippen molar-refractivity contribution in [2.45, 2.75) is 57.5 Å². The fourth-order valence-corrected chi connectivity index (χ4v) is 2.93. The molecule has 0 unspecified atom stereocenters. The summed E-state index contributed by atoms with van der Waals surface area (Å²) >= 11 is 0. The van der Waals surface area contributed by atoms with Crippen LogP contribution in [-0.2, 0) is 12.0 Å². The van der Waals surface area contributed by atoms with E-state index in [4.69, 9.17) is 4.52 Å². The number of nitrogens with zero attached hydrogens (tertiary/aromatic N) is 2. The average molecular weight is 285 g/mol. The Morgan fingerprint density at radius 3 is 2.62 bits per heavy atom. The number of rotatable bonds is 5. The van der Waals surface area contributed by atoms with Gasteiger partial charge in [-0.15, -0.1) is 0 Å². The predicted molar refractivity (Wildman–Crippen MR) is 82.0 cm³/mol. The zero-order valence-corrected chi connectivity index (χ0v) is 12.8. The van der Waals surface area contributed by atoms with E-state index in [0.29, 0.717) is 18.5 Å². The molecule has 1 aliphatic carbocycles. The van der Waals surface area contributed by atoms with Crippen molar-refractivity contribution in [3.63, 3.8) is 0 Å². The second-order valence-electron chi connectivity index (χ2n) is 6.37. The fourth-order valence-electron chi connectivity index (χ4n) is 2.93. The number of aromatic nitrogens is 2. The molecule has 1 fully saturated rings. The summed E-state index contributed by atoms with van der Waals surface area (Å²) in [5.74, 6) is 1.43. The van der Waals surface area contributed by atoms with Crippen molar-refractivity contribution in [2.75, 3.05) is 0 Å². The minimum absolute atomic E-state index is 0.240. The minimum Gasteiger partial charge on any atom is -0.338 e. The first kappa shape index (κ1) is 14.3. The van der Waals surface area contributed by atoms with E-state index < -0.39 is 0 Å². The summed E-state index contributed by atoms with van der Waals surface area (Å²) < 4.78 is 5.41. The summed E-state index contributed by atoms with van der Waals surface area (Å²) in [7, 11) is 0. The maximum Gasteiger partial charge on any atom is 0.240 e. The molecule has 0 radical (unpaired) electrons. The Labute approximate surface area is 126 Å². The third-order valence-corrected chi connectivity index (χ3v) is 4.42. The van der Waals surface area contributed by atoms with Crippen LogP contribution in [0, 0.1) is 0 Å². The Morgan fingerprint density at radius 1 is 1.19 bits per heavy atom. The molecule has 0 amide bonds. The zero-order valence-electron chi connectivity index (χ0n) is 12.8. The van der Waals surface area contributed by atoms with E-state index in [0.717, 1.165) is 5.82 Å². The monoisotopic (exact) mass is 285 g/mol. The SMILES string of the molecule is CC(C)(c1ccccc1)c1noc(CNC2CCCC2)n1. The first-order chi connectivity index (χ1) is 10.2. The lowest BCUT2D eigenvalue weighted by Crippen LogP contribution is -2.25. The Kier molecular flexibility index (Phi) is 4.06. The quantitative estimate of drug-likeness (QED) is 0.914. The Bertz CT molecular complexity index is 571. The van der Waals surface area contributed by atoms with Crippen LogP contribution in [0.5, 0.6) is 0 Å². The topological polar surface area (TPSA) is 51.0 Å². The van der Waals surface area contributed by atoms with Gasteiger partial charge in [0.1, 0.15) is 0 Å². The molecule has 2 aromatic rings. The van der Waals surface area contributed by atoms with E-state index in [1.54, 1.807) is 0 Å². The lowest BCUT2D eigenvalue weighted by Gasteiger charge is -2.20. The van der Waals surface area contributed by atoms with Crippen LogP contribution in [0.2, 0.25) is 0 Å². The van der Waals surface area contributed by atoms with Gasteiger partial charge in [0, 0.05) is 6.04 Å². The van der Waals surface area contributed by atoms with E-state index in [-0.39, 0.29) is 5.41 Å². The molecule has 1 aromatic carbocycles. The van der Waals surface area contributed by atoms with Gasteiger partial charge in [0.2, 0.25) is 5.89 Å². The summed E-state index contributed by atoms with van der Waals surface area (Å²) in [6.07, 6.45) is 5.18. The van der Waals surface area contributed by atoms with Gasteiger partial charge in [0.15, 0.2) is 5.82 Å². The van der Waals surface area contributed by atoms with Crippen LogP contribution < -0.4 is 5.32 Å². The molecule has 0 aliphatic heterocycles. The fraction of sp³-hybridized carbons (Fsp3) is 0.529. The van der Waals surface area contributed by atoms with Crippen molar-refractivity contribution < 1.29 is 4.52 Å². The van der Waals surface area contributed by atoms with Gasteiger partial charge in [-0.25, -0.2) is 0 Å². The summed E-state index contributed by atoms with van der Waals surface area (Å²) in [4.78, 5) is 4.58. The van der Waals surface area contributed by atoms with E-state index in [9.17, 15) is 0 Å². The molecule has 112 valence electrons. The lowest BCUT2D eigenvalue weighted by molar-refractivity contribution is 0.348. The predicted octanol–water partition coefficient (Wildman–Crippen LogP) is 3.43. The third-order valence-electron chi connectivity index (χ3n) is 4.42. The summed E-state index contributed by atoms with van der Waals surface area (Å²) in [5, 5.41) is 7.69. The second-order valence-corrected chi connectivity index (χ2v) is 6.37. The summed E-state index contributed by atoms with van der Waals surface area (Å²) in [6.45, 7) is 4.92. The molecule has 1 N–H and O–H groups in total. The second kappa shape index (κ2) is 5.98. The molecule has 3 rings (SSSR count). The van der Waals surface area contributed by atoms with Crippen molar-refractivity contribution >= 4 is 0 Å². The van der Waals surface area contributed by atoms with E-state index in [2.05, 4.69) is 41.4 Å². The first-order valence-corrected chi connectivity index (χ1v) is 7.78. The van der Waals surface area contributed by atoms with Gasteiger partial charge in [0.25, 0.3) is 0 Å². The Balaban J connectivity index is 1.69. The molecule has 0 bridgehead atoms. The van der Waals surface area contributed by atoms with Gasteiger partial charge in [-0.2, -0.15) is 4.98 Å². The Morgan fingerprint density at radius 2 is 1.90 bits per heavy atom. The van der Waals surface area contributed by atoms with Crippen LogP contribution in [0.25, 0.3) is 0 Å². The third kappa shape index (κ3) is 3.16. The number of nitrogens with one attached hydrogen (secondary N) is 1. The summed E-state index contributed by atoms with van der Waals surface area (Å²) in [6, 6.07) is 10.9. The van der Waals surface area contributed by atoms with E-state index >= 15 is 0 Å². The highest BCUT2D eigenvalue weighted by atomic mass is 16.5. The number of hydrogen-bond acceptors (Lipinski definition) is 4. The molecule has 21 heavy (non-hydrogen) atoms. The smallest absolute Gasteiger partial charge is 0.240 e. The summed E-state index contributed by atoms with van der Waals surface area (Å²) in [5.41, 5.74) is 0.956. The van der Waals surface area contributed by atoms with Crippen LogP contribution in [0.1, 0.15) is 56.8 Å². The zero-order chi connectivity index (χ0) is 14.7.